The van der Waals surface area contributed by atoms with Gasteiger partial charge in [-0.3, -0.25) is 9.88 Å². The van der Waals surface area contributed by atoms with E-state index < -0.39 is 10.0 Å². The molecule has 0 bridgehead atoms. The van der Waals surface area contributed by atoms with Crippen LogP contribution in [0.4, 0.5) is 0 Å². The van der Waals surface area contributed by atoms with Gasteiger partial charge in [0, 0.05) is 43.6 Å². The van der Waals surface area contributed by atoms with E-state index in [1.54, 1.807) is 30.7 Å². The monoisotopic (exact) mass is 371 g/mol. The minimum absolute atomic E-state index is 0.0984. The van der Waals surface area contributed by atoms with Gasteiger partial charge in [-0.05, 0) is 31.7 Å². The molecule has 1 fully saturated rings. The van der Waals surface area contributed by atoms with E-state index in [0.717, 1.165) is 16.8 Å². The van der Waals surface area contributed by atoms with Crippen molar-refractivity contribution in [3.63, 3.8) is 0 Å². The Hall–Kier alpha value is -2.29. The van der Waals surface area contributed by atoms with Crippen LogP contribution in [0.2, 0.25) is 0 Å². The summed E-state index contributed by atoms with van der Waals surface area (Å²) in [4.78, 5) is 14.2. The van der Waals surface area contributed by atoms with Crippen molar-refractivity contribution < 1.29 is 8.42 Å². The van der Waals surface area contributed by atoms with Crippen molar-refractivity contribution in [1.29, 1.82) is 0 Å². The molecule has 1 aliphatic rings. The van der Waals surface area contributed by atoms with Crippen LogP contribution in [0.25, 0.3) is 10.9 Å². The van der Waals surface area contributed by atoms with Gasteiger partial charge < -0.3 is 4.98 Å². The molecule has 1 aromatic carbocycles. The second kappa shape index (κ2) is 6.46. The molecule has 2 aromatic heterocycles. The highest BCUT2D eigenvalue weighted by Crippen LogP contribution is 2.29. The molecule has 1 N–H and O–H groups in total. The Bertz CT molecular complexity index is 1030. The van der Waals surface area contributed by atoms with Crippen molar-refractivity contribution in [3.8, 4) is 0 Å². The topological polar surface area (TPSA) is 82.2 Å². The van der Waals surface area contributed by atoms with Gasteiger partial charge in [0.15, 0.2) is 0 Å². The lowest BCUT2D eigenvalue weighted by atomic mass is 10.2. The number of fused-ring (bicyclic) bond motifs is 1. The van der Waals surface area contributed by atoms with E-state index in [0.29, 0.717) is 25.2 Å². The summed E-state index contributed by atoms with van der Waals surface area (Å²) in [6.45, 7) is 3.39. The molecule has 136 valence electrons. The molecular formula is C18H21N5O2S. The fourth-order valence-corrected chi connectivity index (χ4v) is 5.02. The molecule has 0 radical (unpaired) electrons. The number of aromatic nitrogens is 3. The fraction of sp³-hybridized carbons (Fsp3) is 0.333. The van der Waals surface area contributed by atoms with Crippen molar-refractivity contribution in [3.05, 3.63) is 54.2 Å². The number of aromatic amines is 1. The third-order valence-electron chi connectivity index (χ3n) is 4.87. The third kappa shape index (κ3) is 2.90. The van der Waals surface area contributed by atoms with Gasteiger partial charge in [0.05, 0.1) is 11.6 Å². The van der Waals surface area contributed by atoms with E-state index in [9.17, 15) is 8.42 Å². The summed E-state index contributed by atoms with van der Waals surface area (Å²) in [7, 11) is -1.66. The number of imidazole rings is 1. The van der Waals surface area contributed by atoms with Gasteiger partial charge in [-0.1, -0.05) is 12.1 Å². The van der Waals surface area contributed by atoms with E-state index in [1.807, 2.05) is 26.1 Å². The highest BCUT2D eigenvalue weighted by atomic mass is 32.2. The largest absolute Gasteiger partial charge is 0.347 e. The zero-order valence-corrected chi connectivity index (χ0v) is 15.6. The Morgan fingerprint density at radius 3 is 2.85 bits per heavy atom. The van der Waals surface area contributed by atoms with Crippen LogP contribution in [-0.2, 0) is 10.0 Å². The highest BCUT2D eigenvalue weighted by Gasteiger charge is 2.35. The summed E-state index contributed by atoms with van der Waals surface area (Å²) in [5.41, 5.74) is 1.52. The maximum absolute atomic E-state index is 13.3. The number of nitrogens with zero attached hydrogens (tertiary/aromatic N) is 4. The smallest absolute Gasteiger partial charge is 0.245 e. The summed E-state index contributed by atoms with van der Waals surface area (Å²) in [6, 6.07) is 7.16. The summed E-state index contributed by atoms with van der Waals surface area (Å²) < 4.78 is 28.2. The van der Waals surface area contributed by atoms with Crippen molar-refractivity contribution in [2.45, 2.75) is 17.9 Å². The first-order valence-corrected chi connectivity index (χ1v) is 9.96. The number of hydrogen-bond acceptors (Lipinski definition) is 5. The van der Waals surface area contributed by atoms with E-state index >= 15 is 0 Å². The molecule has 7 nitrogen and oxygen atoms in total. The van der Waals surface area contributed by atoms with Crippen molar-refractivity contribution in [2.24, 2.45) is 0 Å². The maximum Gasteiger partial charge on any atom is 0.245 e. The number of sulfonamides is 1. The quantitative estimate of drug-likeness (QED) is 0.761. The van der Waals surface area contributed by atoms with Crippen LogP contribution in [0.3, 0.4) is 0 Å². The van der Waals surface area contributed by atoms with Crippen molar-refractivity contribution in [1.82, 2.24) is 24.2 Å². The van der Waals surface area contributed by atoms with Crippen LogP contribution >= 0.6 is 0 Å². The summed E-state index contributed by atoms with van der Waals surface area (Å²) in [5.74, 6) is 0.777. The fourth-order valence-electron chi connectivity index (χ4n) is 3.41. The average molecular weight is 371 g/mol. The van der Waals surface area contributed by atoms with E-state index in [4.69, 9.17) is 0 Å². The molecule has 3 heterocycles. The number of piperazine rings is 1. The third-order valence-corrected chi connectivity index (χ3v) is 6.77. The molecule has 0 saturated carbocycles. The first-order chi connectivity index (χ1) is 12.5. The normalized spacial score (nSPS) is 19.8. The molecule has 26 heavy (non-hydrogen) atoms. The van der Waals surface area contributed by atoms with Gasteiger partial charge in [-0.15, -0.1) is 0 Å². The number of H-pyrrole nitrogens is 1. The zero-order valence-electron chi connectivity index (χ0n) is 14.8. The number of nitrogens with one attached hydrogen (secondary N) is 1. The van der Waals surface area contributed by atoms with Gasteiger partial charge in [-0.2, -0.15) is 4.31 Å². The minimum atomic E-state index is -3.65. The Labute approximate surface area is 152 Å². The Kier molecular flexibility index (Phi) is 4.26. The Balaban J connectivity index is 1.73. The summed E-state index contributed by atoms with van der Waals surface area (Å²) >= 11 is 0. The molecule has 1 atom stereocenters. The second-order valence-corrected chi connectivity index (χ2v) is 8.58. The van der Waals surface area contributed by atoms with Crippen LogP contribution in [0.1, 0.15) is 17.4 Å². The van der Waals surface area contributed by atoms with E-state index in [-0.39, 0.29) is 10.9 Å². The standard InChI is InChI=1S/C18H21N5O2S/c1-13-10-14-4-3-5-16(17(14)21-11-13)26(24,25)23-9-8-22(2)15(12-23)18-19-6-7-20-18/h3-7,10-11,15H,8-9,12H2,1-2H3,(H,19,20)/t15-/m0/s1. The van der Waals surface area contributed by atoms with Gasteiger partial charge in [-0.25, -0.2) is 13.4 Å². The molecule has 0 unspecified atom stereocenters. The molecule has 0 amide bonds. The number of para-hydroxylation sites is 1. The van der Waals surface area contributed by atoms with Crippen LogP contribution < -0.4 is 0 Å². The first kappa shape index (κ1) is 17.1. The molecule has 0 aliphatic carbocycles. The average Bonchev–Trinajstić information content (AvgIpc) is 3.15. The first-order valence-electron chi connectivity index (χ1n) is 8.52. The number of likely N-dealkylation sites (N-methyl/N-ethyl adjacent to an activating group) is 1. The lowest BCUT2D eigenvalue weighted by Gasteiger charge is -2.37. The van der Waals surface area contributed by atoms with E-state index in [1.165, 1.54) is 4.31 Å². The number of benzene rings is 1. The van der Waals surface area contributed by atoms with Gasteiger partial charge in [0.25, 0.3) is 0 Å². The number of pyridine rings is 1. The predicted octanol–water partition coefficient (Wildman–Crippen LogP) is 1.94. The van der Waals surface area contributed by atoms with Crippen LogP contribution in [0.15, 0.2) is 47.8 Å². The summed E-state index contributed by atoms with van der Waals surface area (Å²) in [5, 5.41) is 0.836. The molecule has 1 aliphatic heterocycles. The Morgan fingerprint density at radius 2 is 2.08 bits per heavy atom. The van der Waals surface area contributed by atoms with Crippen molar-refractivity contribution in [2.75, 3.05) is 26.7 Å². The number of hydrogen-bond donors (Lipinski definition) is 1. The van der Waals surface area contributed by atoms with Crippen LogP contribution in [-0.4, -0.2) is 59.3 Å². The van der Waals surface area contributed by atoms with E-state index in [2.05, 4.69) is 19.9 Å². The molecule has 3 aromatic rings. The van der Waals surface area contributed by atoms with Crippen LogP contribution in [0.5, 0.6) is 0 Å². The Morgan fingerprint density at radius 1 is 1.23 bits per heavy atom. The lowest BCUT2D eigenvalue weighted by molar-refractivity contribution is 0.142. The zero-order chi connectivity index (χ0) is 18.3. The summed E-state index contributed by atoms with van der Waals surface area (Å²) in [6.07, 6.45) is 5.15. The van der Waals surface area contributed by atoms with Crippen molar-refractivity contribution >= 4 is 20.9 Å². The molecular weight excluding hydrogens is 350 g/mol. The maximum atomic E-state index is 13.3. The van der Waals surface area contributed by atoms with Crippen LogP contribution in [0, 0.1) is 6.92 Å². The van der Waals surface area contributed by atoms with Gasteiger partial charge in [0.2, 0.25) is 10.0 Å². The minimum Gasteiger partial charge on any atom is -0.347 e. The molecule has 8 heteroatoms. The predicted molar refractivity (Wildman–Crippen MR) is 99.2 cm³/mol. The lowest BCUT2D eigenvalue weighted by Crippen LogP contribution is -2.49. The molecule has 1 saturated heterocycles. The van der Waals surface area contributed by atoms with Gasteiger partial charge in [0.1, 0.15) is 10.7 Å². The number of rotatable bonds is 3. The molecule has 0 spiro atoms. The highest BCUT2D eigenvalue weighted by molar-refractivity contribution is 7.89. The SMILES string of the molecule is Cc1cnc2c(S(=O)(=O)N3CCN(C)[C@H](c4ncc[nH]4)C3)cccc2c1. The van der Waals surface area contributed by atoms with Gasteiger partial charge >= 0.3 is 0 Å². The second-order valence-electron chi connectivity index (χ2n) is 6.67. The number of aryl methyl sites for hydroxylation is 1. The molecule has 4 rings (SSSR count).